The van der Waals surface area contributed by atoms with Crippen LogP contribution in [-0.2, 0) is 19.5 Å². The number of hydrogen-bond acceptors (Lipinski definition) is 6. The van der Waals surface area contributed by atoms with Gasteiger partial charge < -0.3 is 5.73 Å². The Morgan fingerprint density at radius 1 is 0.969 bits per heavy atom. The lowest BCUT2D eigenvalue weighted by Crippen LogP contribution is -2.31. The summed E-state index contributed by atoms with van der Waals surface area (Å²) < 4.78 is 0. The quantitative estimate of drug-likeness (QED) is 0.499. The van der Waals surface area contributed by atoms with Gasteiger partial charge in [0, 0.05) is 54.6 Å². The Morgan fingerprint density at radius 2 is 1.81 bits per heavy atom. The highest BCUT2D eigenvalue weighted by molar-refractivity contribution is 5.61. The summed E-state index contributed by atoms with van der Waals surface area (Å²) in [6.45, 7) is 2.47. The predicted octanol–water partition coefficient (Wildman–Crippen LogP) is 4.22. The number of nitrogens with two attached hydrogens (primary N) is 1. The zero-order chi connectivity index (χ0) is 21.9. The zero-order valence-electron chi connectivity index (χ0n) is 17.6. The van der Waals surface area contributed by atoms with Gasteiger partial charge in [-0.25, -0.2) is 9.97 Å². The Labute approximate surface area is 187 Å². The molecule has 3 heterocycles. The second-order valence-corrected chi connectivity index (χ2v) is 7.95. The van der Waals surface area contributed by atoms with E-state index < -0.39 is 0 Å². The number of benzene rings is 2. The van der Waals surface area contributed by atoms with Gasteiger partial charge in [-0.15, -0.1) is 0 Å². The van der Waals surface area contributed by atoms with Gasteiger partial charge in [0.2, 0.25) is 0 Å². The first-order valence-corrected chi connectivity index (χ1v) is 10.6. The highest BCUT2D eigenvalue weighted by Gasteiger charge is 2.19. The van der Waals surface area contributed by atoms with Crippen LogP contribution in [0.4, 0.5) is 5.69 Å². The summed E-state index contributed by atoms with van der Waals surface area (Å²) in [5.74, 6) is 0.742. The Bertz CT molecular complexity index is 1310. The van der Waals surface area contributed by atoms with Gasteiger partial charge in [-0.05, 0) is 48.5 Å². The van der Waals surface area contributed by atoms with E-state index in [1.54, 1.807) is 6.07 Å². The number of fused-ring (bicyclic) bond motifs is 1. The first-order chi connectivity index (χ1) is 15.7. The summed E-state index contributed by atoms with van der Waals surface area (Å²) in [5.41, 5.74) is 13.3. The number of nitrogens with zero attached hydrogens (tertiary/aromatic N) is 5. The lowest BCUT2D eigenvalue weighted by molar-refractivity contribution is 0.240. The van der Waals surface area contributed by atoms with Gasteiger partial charge in [-0.3, -0.25) is 9.88 Å². The molecule has 0 atom stereocenters. The minimum Gasteiger partial charge on any atom is -0.399 e. The highest BCUT2D eigenvalue weighted by atomic mass is 15.1. The van der Waals surface area contributed by atoms with Crippen molar-refractivity contribution in [1.29, 1.82) is 5.26 Å². The van der Waals surface area contributed by atoms with Crippen LogP contribution < -0.4 is 5.73 Å². The summed E-state index contributed by atoms with van der Waals surface area (Å²) in [5, 5.41) is 9.16. The monoisotopic (exact) mass is 418 g/mol. The number of hydrogen-bond donors (Lipinski definition) is 1. The molecule has 1 aliphatic rings. The molecule has 2 aromatic carbocycles. The van der Waals surface area contributed by atoms with Crippen LogP contribution in [0.3, 0.4) is 0 Å². The van der Waals surface area contributed by atoms with Crippen LogP contribution in [0.2, 0.25) is 0 Å². The minimum absolute atomic E-state index is 0.640. The number of anilines is 1. The molecule has 4 aromatic rings. The van der Waals surface area contributed by atoms with Gasteiger partial charge in [0.15, 0.2) is 5.82 Å². The zero-order valence-corrected chi connectivity index (χ0v) is 17.6. The fraction of sp³-hybridized carbons (Fsp3) is 0.154. The first kappa shape index (κ1) is 19.9. The van der Waals surface area contributed by atoms with Crippen LogP contribution in [0.1, 0.15) is 22.5 Å². The predicted molar refractivity (Wildman–Crippen MR) is 124 cm³/mol. The van der Waals surface area contributed by atoms with Crippen molar-refractivity contribution >= 4 is 5.69 Å². The molecule has 6 heteroatoms. The fourth-order valence-corrected chi connectivity index (χ4v) is 3.99. The van der Waals surface area contributed by atoms with Gasteiger partial charge >= 0.3 is 0 Å². The maximum absolute atomic E-state index is 9.16. The maximum atomic E-state index is 9.16. The summed E-state index contributed by atoms with van der Waals surface area (Å²) in [6, 6.07) is 23.5. The van der Waals surface area contributed by atoms with Crippen molar-refractivity contribution in [2.24, 2.45) is 0 Å². The van der Waals surface area contributed by atoms with Gasteiger partial charge in [0.05, 0.1) is 28.7 Å². The molecule has 32 heavy (non-hydrogen) atoms. The van der Waals surface area contributed by atoms with Crippen LogP contribution in [0.25, 0.3) is 22.6 Å². The van der Waals surface area contributed by atoms with Crippen molar-refractivity contribution in [2.45, 2.75) is 19.5 Å². The van der Waals surface area contributed by atoms with E-state index in [4.69, 9.17) is 21.0 Å². The van der Waals surface area contributed by atoms with Crippen molar-refractivity contribution in [2.75, 3.05) is 12.3 Å². The van der Waals surface area contributed by atoms with Crippen LogP contribution in [0.5, 0.6) is 0 Å². The second kappa shape index (κ2) is 8.58. The summed E-state index contributed by atoms with van der Waals surface area (Å²) in [7, 11) is 0. The molecule has 6 nitrogen and oxygen atoms in total. The normalized spacial score (nSPS) is 13.3. The SMILES string of the molecule is N#Cc1cccc(-c2cccc(CN3CCc4nc(-c5ccc(N)cc5)ncc4C3)n2)c1. The molecular weight excluding hydrogens is 396 g/mol. The molecule has 0 saturated carbocycles. The van der Waals surface area contributed by atoms with Crippen molar-refractivity contribution < 1.29 is 0 Å². The van der Waals surface area contributed by atoms with Crippen molar-refractivity contribution in [3.8, 4) is 28.7 Å². The molecule has 1 aliphatic heterocycles. The van der Waals surface area contributed by atoms with Crippen LogP contribution in [0, 0.1) is 11.3 Å². The van der Waals surface area contributed by atoms with Gasteiger partial charge in [0.1, 0.15) is 0 Å². The van der Waals surface area contributed by atoms with E-state index in [2.05, 4.69) is 16.0 Å². The highest BCUT2D eigenvalue weighted by Crippen LogP contribution is 2.24. The number of rotatable bonds is 4. The molecule has 0 aliphatic carbocycles. The largest absolute Gasteiger partial charge is 0.399 e. The Kier molecular flexibility index (Phi) is 5.32. The average Bonchev–Trinajstić information content (AvgIpc) is 2.84. The number of nitriles is 1. The molecule has 0 bridgehead atoms. The summed E-state index contributed by atoms with van der Waals surface area (Å²) in [6.07, 6.45) is 2.82. The molecule has 0 spiro atoms. The third-order valence-electron chi connectivity index (χ3n) is 5.66. The van der Waals surface area contributed by atoms with E-state index in [-0.39, 0.29) is 0 Å². The van der Waals surface area contributed by atoms with E-state index >= 15 is 0 Å². The van der Waals surface area contributed by atoms with Crippen molar-refractivity contribution in [3.63, 3.8) is 0 Å². The molecule has 2 aromatic heterocycles. The Balaban J connectivity index is 1.31. The Morgan fingerprint density at radius 3 is 2.66 bits per heavy atom. The molecular formula is C26H22N6. The standard InChI is InChI=1S/C26H22N6/c27-14-18-3-1-4-20(13-18)24-6-2-5-23(30-24)17-32-12-11-25-21(16-32)15-29-26(31-25)19-7-9-22(28)10-8-19/h1-10,13,15H,11-12,16-17,28H2. The van der Waals surface area contributed by atoms with E-state index in [1.807, 2.05) is 66.9 Å². The van der Waals surface area contributed by atoms with Gasteiger partial charge in [0.25, 0.3) is 0 Å². The van der Waals surface area contributed by atoms with Crippen LogP contribution in [-0.4, -0.2) is 26.4 Å². The van der Waals surface area contributed by atoms with Crippen LogP contribution in [0.15, 0.2) is 72.9 Å². The molecule has 0 unspecified atom stereocenters. The van der Waals surface area contributed by atoms with Crippen molar-refractivity contribution in [1.82, 2.24) is 19.9 Å². The van der Waals surface area contributed by atoms with Crippen molar-refractivity contribution in [3.05, 3.63) is 95.4 Å². The minimum atomic E-state index is 0.640. The van der Waals surface area contributed by atoms with E-state index in [1.165, 1.54) is 0 Å². The lowest BCUT2D eigenvalue weighted by Gasteiger charge is -2.27. The fourth-order valence-electron chi connectivity index (χ4n) is 3.99. The van der Waals surface area contributed by atoms with Crippen LogP contribution >= 0.6 is 0 Å². The van der Waals surface area contributed by atoms with E-state index in [0.717, 1.165) is 71.3 Å². The maximum Gasteiger partial charge on any atom is 0.159 e. The number of pyridine rings is 1. The van der Waals surface area contributed by atoms with Gasteiger partial charge in [-0.2, -0.15) is 5.26 Å². The smallest absolute Gasteiger partial charge is 0.159 e. The molecule has 0 saturated heterocycles. The topological polar surface area (TPSA) is 91.7 Å². The molecule has 5 rings (SSSR count). The number of nitrogen functional groups attached to an aromatic ring is 1. The third kappa shape index (κ3) is 4.20. The molecule has 156 valence electrons. The second-order valence-electron chi connectivity index (χ2n) is 7.95. The lowest BCUT2D eigenvalue weighted by atomic mass is 10.1. The van der Waals surface area contributed by atoms with E-state index in [0.29, 0.717) is 5.56 Å². The van der Waals surface area contributed by atoms with Gasteiger partial charge in [-0.1, -0.05) is 18.2 Å². The molecule has 0 fully saturated rings. The molecule has 2 N–H and O–H groups in total. The first-order valence-electron chi connectivity index (χ1n) is 10.6. The summed E-state index contributed by atoms with van der Waals surface area (Å²) in [4.78, 5) is 16.6. The summed E-state index contributed by atoms with van der Waals surface area (Å²) >= 11 is 0. The average molecular weight is 419 g/mol. The molecule has 0 amide bonds. The number of aromatic nitrogens is 3. The Hall–Kier alpha value is -4.08. The van der Waals surface area contributed by atoms with E-state index in [9.17, 15) is 0 Å². The molecule has 0 radical (unpaired) electrons. The third-order valence-corrected chi connectivity index (χ3v) is 5.66.